The summed E-state index contributed by atoms with van der Waals surface area (Å²) in [5.74, 6) is 0.211. The van der Waals surface area contributed by atoms with Crippen molar-refractivity contribution in [2.45, 2.75) is 52.2 Å². The molecule has 1 aromatic carbocycles. The van der Waals surface area contributed by atoms with E-state index in [1.54, 1.807) is 9.80 Å². The quantitative estimate of drug-likeness (QED) is 0.834. The van der Waals surface area contributed by atoms with Gasteiger partial charge in [-0.2, -0.15) is 0 Å². The number of hydrogen-bond donors (Lipinski definition) is 0. The molecule has 0 bridgehead atoms. The summed E-state index contributed by atoms with van der Waals surface area (Å²) < 4.78 is 0. The van der Waals surface area contributed by atoms with Crippen LogP contribution in [0.5, 0.6) is 0 Å². The maximum atomic E-state index is 12.7. The maximum Gasteiger partial charge on any atom is 0.246 e. The molecule has 3 rings (SSSR count). The molecule has 2 amide bonds. The van der Waals surface area contributed by atoms with E-state index in [0.717, 1.165) is 24.9 Å². The number of hydrogen-bond acceptors (Lipinski definition) is 2. The number of aryl methyl sites for hydroxylation is 2. The highest BCUT2D eigenvalue weighted by molar-refractivity contribution is 5.97. The lowest BCUT2D eigenvalue weighted by molar-refractivity contribution is -0.159. The number of rotatable bonds is 2. The van der Waals surface area contributed by atoms with Gasteiger partial charge < -0.3 is 9.80 Å². The molecular weight excluding hydrogens is 264 g/mol. The molecule has 0 spiro atoms. The van der Waals surface area contributed by atoms with Crippen LogP contribution >= 0.6 is 0 Å². The predicted molar refractivity (Wildman–Crippen MR) is 80.7 cm³/mol. The highest BCUT2D eigenvalue weighted by atomic mass is 16.2. The summed E-state index contributed by atoms with van der Waals surface area (Å²) in [5.41, 5.74) is 3.48. The van der Waals surface area contributed by atoms with Gasteiger partial charge in [-0.05, 0) is 44.7 Å². The van der Waals surface area contributed by atoms with Crippen LogP contribution in [0.2, 0.25) is 0 Å². The van der Waals surface area contributed by atoms with Gasteiger partial charge in [0.05, 0.1) is 0 Å². The van der Waals surface area contributed by atoms with Crippen molar-refractivity contribution in [2.24, 2.45) is 0 Å². The summed E-state index contributed by atoms with van der Waals surface area (Å²) in [4.78, 5) is 28.7. The van der Waals surface area contributed by atoms with Gasteiger partial charge in [0.15, 0.2) is 0 Å². The van der Waals surface area contributed by atoms with Gasteiger partial charge in [0.2, 0.25) is 11.8 Å². The number of amides is 2. The van der Waals surface area contributed by atoms with Gasteiger partial charge >= 0.3 is 0 Å². The fourth-order valence-corrected chi connectivity index (χ4v) is 3.41. The second-order valence-electron chi connectivity index (χ2n) is 6.26. The van der Waals surface area contributed by atoms with Crippen molar-refractivity contribution in [3.8, 4) is 0 Å². The molecule has 0 saturated carbocycles. The Labute approximate surface area is 125 Å². The van der Waals surface area contributed by atoms with Crippen molar-refractivity contribution in [1.29, 1.82) is 0 Å². The number of benzene rings is 1. The van der Waals surface area contributed by atoms with Gasteiger partial charge in [-0.1, -0.05) is 23.8 Å². The number of carbonyl (C=O) groups excluding carboxylic acids is 2. The van der Waals surface area contributed by atoms with Crippen LogP contribution in [0.15, 0.2) is 18.2 Å². The van der Waals surface area contributed by atoms with E-state index in [2.05, 4.69) is 25.1 Å². The Bertz CT molecular complexity index is 596. The SMILES string of the molecule is Cc1ccc(C)c(CN2C(=O)[C@@H]3CCCN3C(=O)[C@@H]2C)c1. The molecule has 2 heterocycles. The molecule has 0 unspecified atom stereocenters. The summed E-state index contributed by atoms with van der Waals surface area (Å²) >= 11 is 0. The van der Waals surface area contributed by atoms with Crippen LogP contribution in [-0.4, -0.2) is 40.2 Å². The Morgan fingerprint density at radius 1 is 1.19 bits per heavy atom. The first-order chi connectivity index (χ1) is 9.99. The summed E-state index contributed by atoms with van der Waals surface area (Å²) in [6.07, 6.45) is 1.74. The van der Waals surface area contributed by atoms with Gasteiger partial charge in [0.1, 0.15) is 12.1 Å². The molecule has 2 fully saturated rings. The molecule has 0 N–H and O–H groups in total. The molecule has 2 aliphatic heterocycles. The molecule has 4 heteroatoms. The Hall–Kier alpha value is -1.84. The molecule has 2 atom stereocenters. The number of carbonyl (C=O) groups is 2. The predicted octanol–water partition coefficient (Wildman–Crippen LogP) is 2.03. The second kappa shape index (κ2) is 5.17. The van der Waals surface area contributed by atoms with Crippen molar-refractivity contribution in [1.82, 2.24) is 9.80 Å². The van der Waals surface area contributed by atoms with E-state index in [4.69, 9.17) is 0 Å². The van der Waals surface area contributed by atoms with Gasteiger partial charge in [-0.3, -0.25) is 9.59 Å². The van der Waals surface area contributed by atoms with Gasteiger partial charge in [-0.25, -0.2) is 0 Å². The zero-order valence-corrected chi connectivity index (χ0v) is 12.9. The standard InChI is InChI=1S/C17H22N2O2/c1-11-6-7-12(2)14(9-11)10-19-13(3)16(20)18-8-4-5-15(18)17(19)21/h6-7,9,13,15H,4-5,8,10H2,1-3H3/t13-,15-/m0/s1. The molecule has 21 heavy (non-hydrogen) atoms. The number of nitrogens with zero attached hydrogens (tertiary/aromatic N) is 2. The molecule has 0 aromatic heterocycles. The van der Waals surface area contributed by atoms with E-state index >= 15 is 0 Å². The number of piperazine rings is 1. The fraction of sp³-hybridized carbons (Fsp3) is 0.529. The first-order valence-electron chi connectivity index (χ1n) is 7.66. The van der Waals surface area contributed by atoms with Crippen LogP contribution in [0.25, 0.3) is 0 Å². The topological polar surface area (TPSA) is 40.6 Å². The van der Waals surface area contributed by atoms with Crippen LogP contribution in [0, 0.1) is 13.8 Å². The first kappa shape index (κ1) is 14.1. The van der Waals surface area contributed by atoms with Crippen molar-refractivity contribution >= 4 is 11.8 Å². The molecule has 1 aromatic rings. The Balaban J connectivity index is 1.88. The van der Waals surface area contributed by atoms with Crippen molar-refractivity contribution in [2.75, 3.05) is 6.54 Å². The average Bonchev–Trinajstić information content (AvgIpc) is 2.94. The van der Waals surface area contributed by atoms with E-state index in [9.17, 15) is 9.59 Å². The molecule has 2 saturated heterocycles. The normalized spacial score (nSPS) is 25.5. The van der Waals surface area contributed by atoms with Crippen molar-refractivity contribution < 1.29 is 9.59 Å². The van der Waals surface area contributed by atoms with E-state index in [1.807, 2.05) is 13.8 Å². The van der Waals surface area contributed by atoms with Crippen LogP contribution in [0.3, 0.4) is 0 Å². The van der Waals surface area contributed by atoms with Crippen LogP contribution in [0.1, 0.15) is 36.5 Å². The maximum absolute atomic E-state index is 12.7. The molecular formula is C17H22N2O2. The minimum Gasteiger partial charge on any atom is -0.329 e. The zero-order valence-electron chi connectivity index (χ0n) is 12.9. The summed E-state index contributed by atoms with van der Waals surface area (Å²) in [6.45, 7) is 7.21. The highest BCUT2D eigenvalue weighted by Crippen LogP contribution is 2.28. The van der Waals surface area contributed by atoms with Gasteiger partial charge in [0.25, 0.3) is 0 Å². The first-order valence-corrected chi connectivity index (χ1v) is 7.66. The monoisotopic (exact) mass is 286 g/mol. The van der Waals surface area contributed by atoms with Crippen LogP contribution < -0.4 is 0 Å². The Morgan fingerprint density at radius 3 is 2.71 bits per heavy atom. The minimum absolute atomic E-state index is 0.0995. The zero-order chi connectivity index (χ0) is 15.1. The lowest BCUT2D eigenvalue weighted by Gasteiger charge is -2.41. The largest absolute Gasteiger partial charge is 0.329 e. The molecule has 4 nitrogen and oxygen atoms in total. The highest BCUT2D eigenvalue weighted by Gasteiger charge is 2.45. The molecule has 112 valence electrons. The molecule has 0 aliphatic carbocycles. The lowest BCUT2D eigenvalue weighted by atomic mass is 10.0. The molecule has 2 aliphatic rings. The second-order valence-corrected chi connectivity index (χ2v) is 6.26. The smallest absolute Gasteiger partial charge is 0.246 e. The average molecular weight is 286 g/mol. The fourth-order valence-electron chi connectivity index (χ4n) is 3.41. The molecule has 0 radical (unpaired) electrons. The summed E-state index contributed by atoms with van der Waals surface area (Å²) in [6, 6.07) is 5.68. The van der Waals surface area contributed by atoms with Crippen molar-refractivity contribution in [3.63, 3.8) is 0 Å². The number of fused-ring (bicyclic) bond motifs is 1. The third kappa shape index (κ3) is 2.33. The third-order valence-electron chi connectivity index (χ3n) is 4.77. The summed E-state index contributed by atoms with van der Waals surface area (Å²) in [5, 5.41) is 0. The van der Waals surface area contributed by atoms with E-state index < -0.39 is 0 Å². The van der Waals surface area contributed by atoms with Gasteiger partial charge in [0, 0.05) is 13.1 Å². The lowest BCUT2D eigenvalue weighted by Crippen LogP contribution is -2.61. The van der Waals surface area contributed by atoms with Gasteiger partial charge in [-0.15, -0.1) is 0 Å². The minimum atomic E-state index is -0.355. The Morgan fingerprint density at radius 2 is 1.95 bits per heavy atom. The van der Waals surface area contributed by atoms with E-state index in [1.165, 1.54) is 11.1 Å². The van der Waals surface area contributed by atoms with Crippen LogP contribution in [-0.2, 0) is 16.1 Å². The summed E-state index contributed by atoms with van der Waals surface area (Å²) in [7, 11) is 0. The third-order valence-corrected chi connectivity index (χ3v) is 4.77. The van der Waals surface area contributed by atoms with E-state index in [-0.39, 0.29) is 23.9 Å². The Kier molecular flexibility index (Phi) is 3.47. The van der Waals surface area contributed by atoms with Crippen molar-refractivity contribution in [3.05, 3.63) is 34.9 Å². The van der Waals surface area contributed by atoms with E-state index in [0.29, 0.717) is 6.54 Å². The van der Waals surface area contributed by atoms with Crippen LogP contribution in [0.4, 0.5) is 0 Å².